The summed E-state index contributed by atoms with van der Waals surface area (Å²) in [6.45, 7) is 25.5. The van der Waals surface area contributed by atoms with Crippen LogP contribution in [0.25, 0.3) is 0 Å². The van der Waals surface area contributed by atoms with Crippen molar-refractivity contribution in [2.45, 2.75) is 292 Å². The number of nitrogens with zero attached hydrogens (tertiary/aromatic N) is 2. The molecule has 2 atom stereocenters. The van der Waals surface area contributed by atoms with Gasteiger partial charge in [-0.15, -0.1) is 0 Å². The molecule has 2 aliphatic carbocycles. The number of aliphatic hydroxyl groups excluding tert-OH is 1. The zero-order valence-electron chi connectivity index (χ0n) is 46.8. The molecule has 2 aliphatic rings. The predicted octanol–water partition coefficient (Wildman–Crippen LogP) is 19.3. The molecule has 0 radical (unpaired) electrons. The maximum Gasteiger partial charge on any atom is 0.0951 e. The molecule has 5 heteroatoms. The van der Waals surface area contributed by atoms with Crippen LogP contribution in [0.5, 0.6) is 0 Å². The van der Waals surface area contributed by atoms with Crippen molar-refractivity contribution in [3.8, 4) is 0 Å². The van der Waals surface area contributed by atoms with Crippen molar-refractivity contribution in [2.75, 3.05) is 46.5 Å². The highest BCUT2D eigenvalue weighted by atomic mass is 16.5. The van der Waals surface area contributed by atoms with Gasteiger partial charge in [-0.05, 0) is 120 Å². The second kappa shape index (κ2) is 50.8. The first-order valence-corrected chi connectivity index (χ1v) is 29.8. The molecular weight excluding hydrogens is 821 g/mol. The Hall–Kier alpha value is -1.56. The third-order valence-electron chi connectivity index (χ3n) is 13.6. The van der Waals surface area contributed by atoms with E-state index in [2.05, 4.69) is 83.2 Å². The minimum atomic E-state index is -0.243. The second-order valence-electron chi connectivity index (χ2n) is 21.0. The Morgan fingerprint density at radius 3 is 1.67 bits per heavy atom. The second-order valence-corrected chi connectivity index (χ2v) is 21.0. The molecule has 0 saturated heterocycles. The van der Waals surface area contributed by atoms with Gasteiger partial charge in [0.15, 0.2) is 0 Å². The standard InChI is InChI=1S/C38H68N2O2.C16H34O.C8H18/c1-5-7-8-9-13-18-32-42-38(36-25-26-36)22-16-15-21-37(41)33-40(28-17-12-10-11-14-20-35-23-24-35)30-19-29-39(6-2)31-27-34(3)4;1-4-6-8-9-11-13-16(14-15-17-3)12-10-7-5-2;1-3-5-7-8-6-4-2/h6,20,27,31,34,37,41H,2,5,7-19,21-26,28-30,32-33H2,1,3-4H3;16H,4-15H2,1-3H3;3-8H2,1-2H3/b31-27-;;. The molecule has 0 aromatic rings. The van der Waals surface area contributed by atoms with E-state index in [1.54, 1.807) is 11.1 Å². The summed E-state index contributed by atoms with van der Waals surface area (Å²) in [6, 6.07) is 0. The van der Waals surface area contributed by atoms with Crippen molar-refractivity contribution in [3.05, 3.63) is 48.0 Å². The summed E-state index contributed by atoms with van der Waals surface area (Å²) in [5.41, 5.74) is 3.22. The van der Waals surface area contributed by atoms with Crippen LogP contribution < -0.4 is 0 Å². The topological polar surface area (TPSA) is 45.2 Å². The molecule has 0 amide bonds. The first-order chi connectivity index (χ1) is 32.8. The summed E-state index contributed by atoms with van der Waals surface area (Å²) in [6.07, 6.45) is 57.1. The van der Waals surface area contributed by atoms with Gasteiger partial charge < -0.3 is 24.4 Å². The molecule has 2 unspecified atom stereocenters. The number of rotatable bonds is 47. The Morgan fingerprint density at radius 1 is 0.582 bits per heavy atom. The van der Waals surface area contributed by atoms with Crippen LogP contribution in [0.15, 0.2) is 48.0 Å². The number of ether oxygens (including phenoxy) is 2. The van der Waals surface area contributed by atoms with Gasteiger partial charge in [0, 0.05) is 33.2 Å². The van der Waals surface area contributed by atoms with Crippen molar-refractivity contribution in [1.82, 2.24) is 9.80 Å². The summed E-state index contributed by atoms with van der Waals surface area (Å²) in [4.78, 5) is 4.72. The zero-order chi connectivity index (χ0) is 49.3. The number of aliphatic hydroxyl groups is 1. The van der Waals surface area contributed by atoms with E-state index in [4.69, 9.17) is 9.47 Å². The highest BCUT2D eigenvalue weighted by Gasteiger charge is 2.19. The molecule has 1 N–H and O–H groups in total. The molecule has 67 heavy (non-hydrogen) atoms. The van der Waals surface area contributed by atoms with Crippen LogP contribution in [0.4, 0.5) is 0 Å². The summed E-state index contributed by atoms with van der Waals surface area (Å²) in [5.74, 6) is 2.75. The zero-order valence-corrected chi connectivity index (χ0v) is 46.8. The summed E-state index contributed by atoms with van der Waals surface area (Å²) >= 11 is 0. The van der Waals surface area contributed by atoms with E-state index >= 15 is 0 Å². The number of hydrogen-bond acceptors (Lipinski definition) is 5. The van der Waals surface area contributed by atoms with E-state index in [0.29, 0.717) is 5.92 Å². The van der Waals surface area contributed by atoms with Crippen molar-refractivity contribution in [3.63, 3.8) is 0 Å². The number of methoxy groups -OCH3 is 1. The molecule has 2 fully saturated rings. The third-order valence-corrected chi connectivity index (χ3v) is 13.6. The van der Waals surface area contributed by atoms with Crippen LogP contribution in [0.1, 0.15) is 286 Å². The monoisotopic (exact) mass is 941 g/mol. The molecule has 0 aliphatic heterocycles. The van der Waals surface area contributed by atoms with Gasteiger partial charge >= 0.3 is 0 Å². The van der Waals surface area contributed by atoms with Crippen molar-refractivity contribution in [2.24, 2.45) is 11.8 Å². The number of unbranched alkanes of at least 4 members (excludes halogenated alkanes) is 21. The molecule has 0 aromatic carbocycles. The van der Waals surface area contributed by atoms with Crippen molar-refractivity contribution >= 4 is 0 Å². The summed E-state index contributed by atoms with van der Waals surface area (Å²) in [7, 11) is 1.82. The van der Waals surface area contributed by atoms with E-state index in [9.17, 15) is 5.11 Å². The first-order valence-electron chi connectivity index (χ1n) is 29.8. The van der Waals surface area contributed by atoms with E-state index in [1.165, 1.54) is 211 Å². The molecule has 5 nitrogen and oxygen atoms in total. The Bertz CT molecular complexity index is 1110. The fraction of sp³-hybridized carbons (Fsp3) is 0.871. The van der Waals surface area contributed by atoms with Crippen LogP contribution in [-0.4, -0.2) is 67.5 Å². The quantitative estimate of drug-likeness (QED) is 0.0374. The van der Waals surface area contributed by atoms with Gasteiger partial charge in [0.2, 0.25) is 0 Å². The molecule has 2 rings (SSSR count). The van der Waals surface area contributed by atoms with Gasteiger partial charge in [0.1, 0.15) is 0 Å². The predicted molar refractivity (Wildman–Crippen MR) is 299 cm³/mol. The molecule has 0 spiro atoms. The Labute approximate surface area is 421 Å². The molecule has 0 aromatic heterocycles. The van der Waals surface area contributed by atoms with E-state index in [-0.39, 0.29) is 6.10 Å². The van der Waals surface area contributed by atoms with Gasteiger partial charge in [-0.2, -0.15) is 0 Å². The highest BCUT2D eigenvalue weighted by molar-refractivity contribution is 5.21. The lowest BCUT2D eigenvalue weighted by atomic mass is 9.92. The lowest BCUT2D eigenvalue weighted by Crippen LogP contribution is -2.35. The fourth-order valence-corrected chi connectivity index (χ4v) is 8.81. The summed E-state index contributed by atoms with van der Waals surface area (Å²) in [5, 5.41) is 11.0. The van der Waals surface area contributed by atoms with Crippen LogP contribution in [-0.2, 0) is 9.47 Å². The molecule has 396 valence electrons. The van der Waals surface area contributed by atoms with Crippen LogP contribution in [0.3, 0.4) is 0 Å². The number of hydrogen-bond donors (Lipinski definition) is 1. The van der Waals surface area contributed by atoms with Crippen molar-refractivity contribution in [1.29, 1.82) is 0 Å². The lowest BCUT2D eigenvalue weighted by molar-refractivity contribution is 0.0996. The van der Waals surface area contributed by atoms with Crippen molar-refractivity contribution < 1.29 is 14.6 Å². The summed E-state index contributed by atoms with van der Waals surface area (Å²) < 4.78 is 11.5. The molecule has 2 saturated carbocycles. The van der Waals surface area contributed by atoms with Crippen LogP contribution in [0.2, 0.25) is 0 Å². The van der Waals surface area contributed by atoms with Crippen LogP contribution >= 0.6 is 0 Å². The minimum absolute atomic E-state index is 0.243. The van der Waals surface area contributed by atoms with Gasteiger partial charge in [-0.1, -0.05) is 227 Å². The minimum Gasteiger partial charge on any atom is -0.498 e. The number of allylic oxidation sites excluding steroid dienone is 5. The smallest absolute Gasteiger partial charge is 0.0951 e. The molecular formula is C62H120N2O3. The average Bonchev–Trinajstić information content (AvgIpc) is 4.28. The maximum absolute atomic E-state index is 11.0. The first kappa shape index (κ1) is 65.4. The Kier molecular flexibility index (Phi) is 49.6. The normalized spacial score (nSPS) is 13.9. The Balaban J connectivity index is 0.00000142. The van der Waals surface area contributed by atoms with E-state index < -0.39 is 0 Å². The highest BCUT2D eigenvalue weighted by Crippen LogP contribution is 2.34. The Morgan fingerprint density at radius 2 is 1.10 bits per heavy atom. The van der Waals surface area contributed by atoms with Gasteiger partial charge in [-0.25, -0.2) is 0 Å². The SMILES string of the molecule is C=CN(/C=C\C(C)C)CCCN(CCCCCCC=C1CC1)CC(O)CCCCC(OCCCCCCCC)=C1CC1.CCCCCCCC.CCCCCCCC(CCCCC)CCOC. The van der Waals surface area contributed by atoms with E-state index in [1.807, 2.05) is 13.3 Å². The largest absolute Gasteiger partial charge is 0.498 e. The third kappa shape index (κ3) is 47.9. The van der Waals surface area contributed by atoms with E-state index in [0.717, 1.165) is 77.4 Å². The lowest BCUT2D eigenvalue weighted by Gasteiger charge is -2.26. The van der Waals surface area contributed by atoms with Gasteiger partial charge in [0.05, 0.1) is 18.5 Å². The molecule has 0 heterocycles. The van der Waals surface area contributed by atoms with Gasteiger partial charge in [0.25, 0.3) is 0 Å². The average molecular weight is 942 g/mol. The molecule has 0 bridgehead atoms. The van der Waals surface area contributed by atoms with Gasteiger partial charge in [-0.3, -0.25) is 0 Å². The fourth-order valence-electron chi connectivity index (χ4n) is 8.81. The maximum atomic E-state index is 11.0. The van der Waals surface area contributed by atoms with Crippen LogP contribution in [0, 0.1) is 11.8 Å².